The van der Waals surface area contributed by atoms with Crippen LogP contribution in [0.3, 0.4) is 0 Å². The van der Waals surface area contributed by atoms with Crippen LogP contribution in [0.25, 0.3) is 0 Å². The maximum Gasteiger partial charge on any atom is 0.306 e. The Morgan fingerprint density at radius 2 is 0.552 bits per heavy atom. The van der Waals surface area contributed by atoms with Crippen LogP contribution in [-0.2, 0) is 28.6 Å². The monoisotopic (exact) mass is 931 g/mol. The van der Waals surface area contributed by atoms with Gasteiger partial charge < -0.3 is 14.2 Å². The van der Waals surface area contributed by atoms with Crippen molar-refractivity contribution in [3.8, 4) is 0 Å². The van der Waals surface area contributed by atoms with Crippen LogP contribution in [0.5, 0.6) is 0 Å². The van der Waals surface area contributed by atoms with Gasteiger partial charge in [-0.1, -0.05) is 234 Å². The van der Waals surface area contributed by atoms with Crippen LogP contribution < -0.4 is 0 Å². The summed E-state index contributed by atoms with van der Waals surface area (Å²) >= 11 is 0. The van der Waals surface area contributed by atoms with Gasteiger partial charge in [-0.15, -0.1) is 0 Å². The van der Waals surface area contributed by atoms with Crippen LogP contribution >= 0.6 is 0 Å². The minimum absolute atomic E-state index is 0.103. The molecule has 1 atom stereocenters. The highest BCUT2D eigenvalue weighted by atomic mass is 16.6. The topological polar surface area (TPSA) is 78.9 Å². The molecule has 0 aromatic carbocycles. The first kappa shape index (κ1) is 63.3. The maximum absolute atomic E-state index is 12.8. The third-order valence-corrected chi connectivity index (χ3v) is 11.7. The molecule has 0 radical (unpaired) electrons. The van der Waals surface area contributed by atoms with E-state index >= 15 is 0 Å². The van der Waals surface area contributed by atoms with Crippen molar-refractivity contribution in [2.45, 2.75) is 258 Å². The van der Waals surface area contributed by atoms with E-state index in [0.717, 1.165) is 122 Å². The molecule has 6 nitrogen and oxygen atoms in total. The van der Waals surface area contributed by atoms with E-state index in [0.29, 0.717) is 19.3 Å². The summed E-state index contributed by atoms with van der Waals surface area (Å²) in [4.78, 5) is 38.1. The highest BCUT2D eigenvalue weighted by Crippen LogP contribution is 2.13. The molecule has 6 heteroatoms. The first-order valence-electron chi connectivity index (χ1n) is 27.8. The molecule has 67 heavy (non-hydrogen) atoms. The Morgan fingerprint density at radius 3 is 0.925 bits per heavy atom. The van der Waals surface area contributed by atoms with Crippen molar-refractivity contribution < 1.29 is 28.6 Å². The summed E-state index contributed by atoms with van der Waals surface area (Å²) < 4.78 is 16.8. The third kappa shape index (κ3) is 53.2. The maximum atomic E-state index is 12.8. The van der Waals surface area contributed by atoms with Crippen molar-refractivity contribution in [2.75, 3.05) is 13.2 Å². The third-order valence-electron chi connectivity index (χ3n) is 11.7. The molecular formula is C61H102O6. The lowest BCUT2D eigenvalue weighted by Crippen LogP contribution is -2.30. The minimum Gasteiger partial charge on any atom is -0.462 e. The molecule has 0 aliphatic carbocycles. The van der Waals surface area contributed by atoms with Gasteiger partial charge in [-0.3, -0.25) is 14.4 Å². The van der Waals surface area contributed by atoms with Crippen LogP contribution in [0.15, 0.2) is 97.2 Å². The normalized spacial score (nSPS) is 12.8. The fraction of sp³-hybridized carbons (Fsp3) is 0.689. The van der Waals surface area contributed by atoms with E-state index < -0.39 is 6.10 Å². The van der Waals surface area contributed by atoms with Gasteiger partial charge in [-0.05, 0) is 96.3 Å². The number of rotatable bonds is 49. The molecule has 0 saturated carbocycles. The van der Waals surface area contributed by atoms with Gasteiger partial charge in [0, 0.05) is 19.3 Å². The van der Waals surface area contributed by atoms with Gasteiger partial charge in [-0.2, -0.15) is 0 Å². The van der Waals surface area contributed by atoms with E-state index in [1.165, 1.54) is 89.9 Å². The van der Waals surface area contributed by atoms with Crippen molar-refractivity contribution in [1.82, 2.24) is 0 Å². The Labute approximate surface area is 413 Å². The Morgan fingerprint density at radius 1 is 0.299 bits per heavy atom. The second-order valence-corrected chi connectivity index (χ2v) is 18.3. The summed E-state index contributed by atoms with van der Waals surface area (Å²) in [6.45, 7) is 6.53. The lowest BCUT2D eigenvalue weighted by molar-refractivity contribution is -0.167. The number of unbranched alkanes of at least 4 members (excludes halogenated alkanes) is 27. The SMILES string of the molecule is CCCCC\C=C/C=C\C=C/C=C\CCCCCCCC(=O)OCC(COC(=O)CCCCC/C=C\CCCCCCCC)OC(=O)CCCCCCC\C=C/C=C\C=C/CCCCCCC. The summed E-state index contributed by atoms with van der Waals surface area (Å²) in [5, 5.41) is 0. The largest absolute Gasteiger partial charge is 0.462 e. The summed E-state index contributed by atoms with van der Waals surface area (Å²) in [7, 11) is 0. The lowest BCUT2D eigenvalue weighted by atomic mass is 10.1. The van der Waals surface area contributed by atoms with Gasteiger partial charge in [0.15, 0.2) is 6.10 Å². The minimum atomic E-state index is -0.805. The molecule has 0 rings (SSSR count). The highest BCUT2D eigenvalue weighted by Gasteiger charge is 2.19. The van der Waals surface area contributed by atoms with Crippen LogP contribution in [0.4, 0.5) is 0 Å². The average molecular weight is 931 g/mol. The first-order valence-corrected chi connectivity index (χ1v) is 27.8. The average Bonchev–Trinajstić information content (AvgIpc) is 3.33. The zero-order valence-electron chi connectivity index (χ0n) is 43.6. The fourth-order valence-corrected chi connectivity index (χ4v) is 7.45. The molecule has 382 valence electrons. The number of carbonyl (C=O) groups excluding carboxylic acids is 3. The van der Waals surface area contributed by atoms with Crippen molar-refractivity contribution in [3.63, 3.8) is 0 Å². The number of ether oxygens (including phenoxy) is 3. The van der Waals surface area contributed by atoms with Gasteiger partial charge in [0.1, 0.15) is 13.2 Å². The van der Waals surface area contributed by atoms with Gasteiger partial charge >= 0.3 is 17.9 Å². The van der Waals surface area contributed by atoms with E-state index in [1.54, 1.807) is 0 Å². The molecule has 0 N–H and O–H groups in total. The summed E-state index contributed by atoms with van der Waals surface area (Å²) in [5.74, 6) is -0.960. The van der Waals surface area contributed by atoms with Crippen molar-refractivity contribution in [2.24, 2.45) is 0 Å². The van der Waals surface area contributed by atoms with Crippen LogP contribution in [0.2, 0.25) is 0 Å². The Kier molecular flexibility index (Phi) is 51.9. The molecule has 0 aliphatic rings. The second-order valence-electron chi connectivity index (χ2n) is 18.3. The van der Waals surface area contributed by atoms with Crippen LogP contribution in [0.1, 0.15) is 252 Å². The van der Waals surface area contributed by atoms with Gasteiger partial charge in [0.05, 0.1) is 0 Å². The lowest BCUT2D eigenvalue weighted by Gasteiger charge is -2.18. The van der Waals surface area contributed by atoms with E-state index in [1.807, 2.05) is 0 Å². The van der Waals surface area contributed by atoms with Gasteiger partial charge in [-0.25, -0.2) is 0 Å². The smallest absolute Gasteiger partial charge is 0.306 e. The Balaban J connectivity index is 4.50. The molecule has 0 aromatic heterocycles. The van der Waals surface area contributed by atoms with E-state index in [4.69, 9.17) is 14.2 Å². The Hall–Kier alpha value is -3.67. The van der Waals surface area contributed by atoms with Crippen molar-refractivity contribution in [1.29, 1.82) is 0 Å². The zero-order chi connectivity index (χ0) is 48.6. The molecule has 0 heterocycles. The number of hydrogen-bond donors (Lipinski definition) is 0. The fourth-order valence-electron chi connectivity index (χ4n) is 7.45. The summed E-state index contributed by atoms with van der Waals surface area (Å²) in [5.41, 5.74) is 0. The summed E-state index contributed by atoms with van der Waals surface area (Å²) in [6.07, 6.45) is 72.4. The molecule has 0 aromatic rings. The molecule has 0 fully saturated rings. The molecule has 0 amide bonds. The van der Waals surface area contributed by atoms with Gasteiger partial charge in [0.25, 0.3) is 0 Å². The van der Waals surface area contributed by atoms with Crippen LogP contribution in [0, 0.1) is 0 Å². The number of carbonyl (C=O) groups is 3. The van der Waals surface area contributed by atoms with E-state index in [9.17, 15) is 14.4 Å². The molecule has 0 spiro atoms. The first-order chi connectivity index (χ1) is 33.0. The van der Waals surface area contributed by atoms with Crippen molar-refractivity contribution in [3.05, 3.63) is 97.2 Å². The molecule has 0 bridgehead atoms. The molecular weight excluding hydrogens is 829 g/mol. The molecule has 0 saturated heterocycles. The van der Waals surface area contributed by atoms with E-state index in [2.05, 4.69) is 118 Å². The summed E-state index contributed by atoms with van der Waals surface area (Å²) in [6, 6.07) is 0. The predicted molar refractivity (Wildman–Crippen MR) is 288 cm³/mol. The van der Waals surface area contributed by atoms with Crippen molar-refractivity contribution >= 4 is 17.9 Å². The van der Waals surface area contributed by atoms with Gasteiger partial charge in [0.2, 0.25) is 0 Å². The molecule has 0 aliphatic heterocycles. The Bertz CT molecular complexity index is 1350. The van der Waals surface area contributed by atoms with Crippen LogP contribution in [-0.4, -0.2) is 37.2 Å². The van der Waals surface area contributed by atoms with E-state index in [-0.39, 0.29) is 31.1 Å². The number of esters is 3. The zero-order valence-corrected chi connectivity index (χ0v) is 43.6. The standard InChI is InChI=1S/C61H102O6/c1-4-7-10-13-16-19-22-25-27-29-31-33-36-39-42-45-48-51-54-60(63)66-57-58(56-65-59(62)53-50-47-44-41-38-35-24-21-18-15-12-9-6-3)67-61(64)55-52-49-46-43-40-37-34-32-30-28-26-23-20-17-14-11-8-5-2/h16,19,22-23,25-35,38,58H,4-15,17-18,20-21,24,36-37,39-57H2,1-3H3/b19-16-,25-22-,26-23-,29-27-,30-28-,33-31-,34-32-,38-35-. The number of hydrogen-bond acceptors (Lipinski definition) is 6. The molecule has 1 unspecified atom stereocenters. The predicted octanol–water partition coefficient (Wildman–Crippen LogP) is 18.5. The highest BCUT2D eigenvalue weighted by molar-refractivity contribution is 5.71. The number of allylic oxidation sites excluding steroid dienone is 16. The second kappa shape index (κ2) is 54.9. The quantitative estimate of drug-likeness (QED) is 0.0199.